The van der Waals surface area contributed by atoms with Crippen LogP contribution in [0.15, 0.2) is 6.33 Å². The Balaban J connectivity index is 2.62. The van der Waals surface area contributed by atoms with E-state index in [0.29, 0.717) is 6.54 Å². The monoisotopic (exact) mass is 283 g/mol. The highest BCUT2D eigenvalue weighted by Gasteiger charge is 2.21. The summed E-state index contributed by atoms with van der Waals surface area (Å²) in [5, 5.41) is 14.0. The van der Waals surface area contributed by atoms with Crippen LogP contribution in [0.3, 0.4) is 0 Å². The molecule has 0 saturated carbocycles. The van der Waals surface area contributed by atoms with Gasteiger partial charge in [0.2, 0.25) is 11.6 Å². The van der Waals surface area contributed by atoms with Crippen LogP contribution in [0.2, 0.25) is 0 Å². The molecule has 0 bridgehead atoms. The predicted molar refractivity (Wildman–Crippen MR) is 77.4 cm³/mol. The molecule has 1 heterocycles. The Kier molecular flexibility index (Phi) is 6.60. The van der Waals surface area contributed by atoms with Crippen LogP contribution in [0.1, 0.15) is 20.3 Å². The number of nitrogens with zero attached hydrogens (tertiary/aromatic N) is 4. The number of hydrogen-bond acceptors (Lipinski definition) is 8. The molecule has 0 saturated heterocycles. The van der Waals surface area contributed by atoms with Crippen molar-refractivity contribution in [3.8, 4) is 0 Å². The van der Waals surface area contributed by atoms with Crippen molar-refractivity contribution in [1.29, 1.82) is 0 Å². The maximum Gasteiger partial charge on any atom is 0.354 e. The maximum absolute atomic E-state index is 11.0. The molecule has 0 aliphatic heterocycles. The highest BCUT2D eigenvalue weighted by molar-refractivity contribution is 5.68. The van der Waals surface area contributed by atoms with Gasteiger partial charge < -0.3 is 15.6 Å². The average molecular weight is 283 g/mol. The van der Waals surface area contributed by atoms with Crippen molar-refractivity contribution in [1.82, 2.24) is 14.9 Å². The number of hydrogen-bond donors (Lipinski definition) is 3. The fraction of sp³-hybridized carbons (Fsp3) is 0.636. The summed E-state index contributed by atoms with van der Waals surface area (Å²) < 4.78 is 0. The van der Waals surface area contributed by atoms with Crippen LogP contribution < -0.4 is 16.6 Å². The summed E-state index contributed by atoms with van der Waals surface area (Å²) in [5.41, 5.74) is 1.97. The molecule has 0 aromatic carbocycles. The Morgan fingerprint density at radius 1 is 1.35 bits per heavy atom. The third-order valence-corrected chi connectivity index (χ3v) is 2.98. The minimum atomic E-state index is -0.554. The number of nitrogens with two attached hydrogens (primary N) is 1. The van der Waals surface area contributed by atoms with Gasteiger partial charge in [0.1, 0.15) is 6.33 Å². The third kappa shape index (κ3) is 4.28. The zero-order chi connectivity index (χ0) is 15.0. The van der Waals surface area contributed by atoms with E-state index in [-0.39, 0.29) is 17.3 Å². The van der Waals surface area contributed by atoms with E-state index >= 15 is 0 Å². The summed E-state index contributed by atoms with van der Waals surface area (Å²) in [6, 6.07) is 0. The Hall–Kier alpha value is -2.00. The lowest BCUT2D eigenvalue weighted by atomic mass is 10.3. The van der Waals surface area contributed by atoms with Crippen LogP contribution >= 0.6 is 0 Å². The first-order valence-corrected chi connectivity index (χ1v) is 6.56. The van der Waals surface area contributed by atoms with Gasteiger partial charge in [0.15, 0.2) is 0 Å². The van der Waals surface area contributed by atoms with Crippen molar-refractivity contribution in [2.24, 2.45) is 5.84 Å². The van der Waals surface area contributed by atoms with E-state index in [1.54, 1.807) is 0 Å². The van der Waals surface area contributed by atoms with Gasteiger partial charge in [0, 0.05) is 6.54 Å². The van der Waals surface area contributed by atoms with Crippen molar-refractivity contribution in [3.63, 3.8) is 0 Å². The largest absolute Gasteiger partial charge is 0.364 e. The van der Waals surface area contributed by atoms with E-state index in [2.05, 4.69) is 39.5 Å². The van der Waals surface area contributed by atoms with Gasteiger partial charge in [-0.2, -0.15) is 0 Å². The minimum absolute atomic E-state index is 0.00348. The van der Waals surface area contributed by atoms with Crippen LogP contribution in [0.4, 0.5) is 17.3 Å². The maximum atomic E-state index is 11.0. The van der Waals surface area contributed by atoms with Crippen molar-refractivity contribution >= 4 is 17.3 Å². The van der Waals surface area contributed by atoms with Crippen LogP contribution in [0.25, 0.3) is 0 Å². The molecule has 0 aliphatic carbocycles. The van der Waals surface area contributed by atoms with Gasteiger partial charge in [-0.05, 0) is 26.1 Å². The van der Waals surface area contributed by atoms with E-state index in [1.807, 2.05) is 0 Å². The number of rotatable bonds is 9. The van der Waals surface area contributed by atoms with Crippen molar-refractivity contribution in [2.75, 3.05) is 36.9 Å². The lowest BCUT2D eigenvalue weighted by molar-refractivity contribution is -0.383. The van der Waals surface area contributed by atoms with E-state index in [9.17, 15) is 10.1 Å². The molecule has 112 valence electrons. The molecular weight excluding hydrogens is 262 g/mol. The van der Waals surface area contributed by atoms with Crippen molar-refractivity contribution < 1.29 is 4.92 Å². The number of nitrogens with one attached hydrogen (secondary N) is 2. The molecule has 1 rings (SSSR count). The van der Waals surface area contributed by atoms with E-state index in [0.717, 1.165) is 26.1 Å². The second kappa shape index (κ2) is 8.23. The van der Waals surface area contributed by atoms with Gasteiger partial charge in [-0.3, -0.25) is 10.1 Å². The Labute approximate surface area is 117 Å². The topological polar surface area (TPSA) is 122 Å². The Bertz CT molecular complexity index is 437. The van der Waals surface area contributed by atoms with Gasteiger partial charge in [0.25, 0.3) is 0 Å². The number of nitro groups is 1. The summed E-state index contributed by atoms with van der Waals surface area (Å²) in [7, 11) is 0. The molecule has 0 unspecified atom stereocenters. The molecule has 0 aliphatic rings. The van der Waals surface area contributed by atoms with E-state index in [4.69, 9.17) is 5.84 Å². The first-order chi connectivity index (χ1) is 9.63. The fourth-order valence-electron chi connectivity index (χ4n) is 1.84. The summed E-state index contributed by atoms with van der Waals surface area (Å²) >= 11 is 0. The molecule has 9 heteroatoms. The van der Waals surface area contributed by atoms with Gasteiger partial charge in [-0.1, -0.05) is 13.8 Å². The van der Waals surface area contributed by atoms with Crippen LogP contribution in [-0.2, 0) is 0 Å². The second-order valence-electron chi connectivity index (χ2n) is 4.13. The zero-order valence-electron chi connectivity index (χ0n) is 11.8. The fourth-order valence-corrected chi connectivity index (χ4v) is 1.84. The van der Waals surface area contributed by atoms with Crippen LogP contribution in [0.5, 0.6) is 0 Å². The van der Waals surface area contributed by atoms with Gasteiger partial charge in [-0.25, -0.2) is 15.8 Å². The summed E-state index contributed by atoms with van der Waals surface area (Å²) in [4.78, 5) is 20.4. The SMILES string of the molecule is CCN(CC)CCCNc1ncnc(NN)c1[N+](=O)[O-]. The molecular formula is C11H21N7O2. The molecule has 0 fully saturated rings. The number of nitrogen functional groups attached to an aromatic ring is 1. The second-order valence-corrected chi connectivity index (χ2v) is 4.13. The predicted octanol–water partition coefficient (Wildman–Crippen LogP) is 0.814. The Morgan fingerprint density at radius 3 is 2.55 bits per heavy atom. The summed E-state index contributed by atoms with van der Waals surface area (Å²) in [6.07, 6.45) is 2.10. The van der Waals surface area contributed by atoms with Crippen LogP contribution in [0, 0.1) is 10.1 Å². The average Bonchev–Trinajstić information content (AvgIpc) is 2.46. The van der Waals surface area contributed by atoms with Gasteiger partial charge >= 0.3 is 5.69 Å². The van der Waals surface area contributed by atoms with Crippen molar-refractivity contribution in [3.05, 3.63) is 16.4 Å². The summed E-state index contributed by atoms with van der Waals surface area (Å²) in [6.45, 7) is 7.72. The highest BCUT2D eigenvalue weighted by atomic mass is 16.6. The quantitative estimate of drug-likeness (QED) is 0.263. The number of hydrazine groups is 1. The molecule has 0 amide bonds. The Morgan fingerprint density at radius 2 is 2.00 bits per heavy atom. The minimum Gasteiger partial charge on any atom is -0.364 e. The van der Waals surface area contributed by atoms with Gasteiger partial charge in [0.05, 0.1) is 4.92 Å². The highest BCUT2D eigenvalue weighted by Crippen LogP contribution is 2.27. The van der Waals surface area contributed by atoms with Gasteiger partial charge in [-0.15, -0.1) is 0 Å². The molecule has 0 radical (unpaired) electrons. The molecule has 4 N–H and O–H groups in total. The molecule has 9 nitrogen and oxygen atoms in total. The molecule has 1 aromatic rings. The first kappa shape index (κ1) is 16.1. The standard InChI is InChI=1S/C11H21N7O2/c1-3-17(4-2)7-5-6-13-10-9(18(19)20)11(16-12)15-8-14-10/h8H,3-7,12H2,1-2H3,(H2,13,14,15,16). The van der Waals surface area contributed by atoms with Crippen LogP contribution in [-0.4, -0.2) is 46.0 Å². The molecule has 20 heavy (non-hydrogen) atoms. The third-order valence-electron chi connectivity index (χ3n) is 2.98. The summed E-state index contributed by atoms with van der Waals surface area (Å²) in [5.74, 6) is 5.38. The molecule has 1 aromatic heterocycles. The van der Waals surface area contributed by atoms with Crippen molar-refractivity contribution in [2.45, 2.75) is 20.3 Å². The normalized spacial score (nSPS) is 10.6. The van der Waals surface area contributed by atoms with E-state index in [1.165, 1.54) is 6.33 Å². The lowest BCUT2D eigenvalue weighted by Crippen LogP contribution is -2.25. The number of aromatic nitrogens is 2. The first-order valence-electron chi connectivity index (χ1n) is 6.56. The number of anilines is 2. The smallest absolute Gasteiger partial charge is 0.354 e. The molecule has 0 spiro atoms. The zero-order valence-corrected chi connectivity index (χ0v) is 11.8. The lowest BCUT2D eigenvalue weighted by Gasteiger charge is -2.17. The van der Waals surface area contributed by atoms with E-state index < -0.39 is 4.92 Å². The molecule has 0 atom stereocenters.